The van der Waals surface area contributed by atoms with Crippen LogP contribution in [0.2, 0.25) is 10.0 Å². The van der Waals surface area contributed by atoms with Gasteiger partial charge < -0.3 is 0 Å². The quantitative estimate of drug-likeness (QED) is 0.836. The molecular weight excluding hydrogens is 331 g/mol. The normalized spacial score (nSPS) is 11.8. The molecule has 0 saturated heterocycles. The van der Waals surface area contributed by atoms with Crippen LogP contribution in [0.4, 0.5) is 0 Å². The van der Waals surface area contributed by atoms with E-state index >= 15 is 0 Å². The first kappa shape index (κ1) is 16.2. The summed E-state index contributed by atoms with van der Waals surface area (Å²) in [6.07, 6.45) is 3.98. The molecule has 0 aliphatic carbocycles. The SMILES string of the molecule is CN(CCc1ccncc1)S(=O)(=O)c1ccc(Cl)c(Cl)c1. The predicted octanol–water partition coefficient (Wildman–Crippen LogP) is 3.25. The summed E-state index contributed by atoms with van der Waals surface area (Å²) < 4.78 is 26.2. The molecule has 7 heteroatoms. The molecule has 112 valence electrons. The number of hydrogen-bond donors (Lipinski definition) is 0. The molecule has 1 heterocycles. The summed E-state index contributed by atoms with van der Waals surface area (Å²) in [6, 6.07) is 8.02. The summed E-state index contributed by atoms with van der Waals surface area (Å²) in [5, 5.41) is 0.551. The van der Waals surface area contributed by atoms with E-state index in [0.29, 0.717) is 18.0 Å². The van der Waals surface area contributed by atoms with Crippen LogP contribution in [0.15, 0.2) is 47.6 Å². The molecule has 21 heavy (non-hydrogen) atoms. The molecule has 0 unspecified atom stereocenters. The van der Waals surface area contributed by atoms with Crippen molar-refractivity contribution in [2.45, 2.75) is 11.3 Å². The molecule has 2 rings (SSSR count). The van der Waals surface area contributed by atoms with Crippen LogP contribution in [0.5, 0.6) is 0 Å². The number of sulfonamides is 1. The summed E-state index contributed by atoms with van der Waals surface area (Å²) in [7, 11) is -2.03. The van der Waals surface area contributed by atoms with Gasteiger partial charge in [-0.1, -0.05) is 23.2 Å². The van der Waals surface area contributed by atoms with E-state index < -0.39 is 10.0 Å². The third-order valence-corrected chi connectivity index (χ3v) is 5.66. The number of benzene rings is 1. The van der Waals surface area contributed by atoms with Crippen molar-refractivity contribution in [2.75, 3.05) is 13.6 Å². The summed E-state index contributed by atoms with van der Waals surface area (Å²) >= 11 is 11.7. The van der Waals surface area contributed by atoms with E-state index in [2.05, 4.69) is 4.98 Å². The van der Waals surface area contributed by atoms with Crippen LogP contribution < -0.4 is 0 Å². The highest BCUT2D eigenvalue weighted by Gasteiger charge is 2.21. The smallest absolute Gasteiger partial charge is 0.242 e. The minimum absolute atomic E-state index is 0.133. The van der Waals surface area contributed by atoms with Crippen LogP contribution in [0.1, 0.15) is 5.56 Å². The fourth-order valence-corrected chi connectivity index (χ4v) is 3.33. The van der Waals surface area contributed by atoms with E-state index in [-0.39, 0.29) is 9.92 Å². The fraction of sp³-hybridized carbons (Fsp3) is 0.214. The van der Waals surface area contributed by atoms with E-state index in [1.54, 1.807) is 19.4 Å². The molecule has 0 saturated carbocycles. The Bertz CT molecular complexity index is 721. The Morgan fingerprint density at radius 3 is 2.38 bits per heavy atom. The van der Waals surface area contributed by atoms with Crippen LogP contribution in [0.25, 0.3) is 0 Å². The molecule has 0 atom stereocenters. The second-order valence-electron chi connectivity index (χ2n) is 4.51. The number of likely N-dealkylation sites (N-methyl/N-ethyl adjacent to an activating group) is 1. The van der Waals surface area contributed by atoms with Crippen molar-refractivity contribution in [1.29, 1.82) is 0 Å². The molecule has 0 radical (unpaired) electrons. The number of rotatable bonds is 5. The highest BCUT2D eigenvalue weighted by atomic mass is 35.5. The Morgan fingerprint density at radius 1 is 1.10 bits per heavy atom. The van der Waals surface area contributed by atoms with Crippen molar-refractivity contribution >= 4 is 33.2 Å². The molecule has 0 aliphatic heterocycles. The Kier molecular flexibility index (Phi) is 5.22. The highest BCUT2D eigenvalue weighted by Crippen LogP contribution is 2.26. The van der Waals surface area contributed by atoms with Crippen molar-refractivity contribution in [3.8, 4) is 0 Å². The minimum Gasteiger partial charge on any atom is -0.265 e. The summed E-state index contributed by atoms with van der Waals surface area (Å²) in [6.45, 7) is 0.368. The maximum Gasteiger partial charge on any atom is 0.242 e. The molecule has 1 aromatic carbocycles. The largest absolute Gasteiger partial charge is 0.265 e. The van der Waals surface area contributed by atoms with Crippen molar-refractivity contribution in [2.24, 2.45) is 0 Å². The average Bonchev–Trinajstić information content (AvgIpc) is 2.48. The molecule has 0 amide bonds. The van der Waals surface area contributed by atoms with Crippen LogP contribution in [-0.4, -0.2) is 31.3 Å². The van der Waals surface area contributed by atoms with Gasteiger partial charge in [-0.3, -0.25) is 4.98 Å². The first-order valence-electron chi connectivity index (χ1n) is 6.21. The zero-order valence-electron chi connectivity index (χ0n) is 11.3. The Balaban J connectivity index is 2.13. The van der Waals surface area contributed by atoms with Gasteiger partial charge in [-0.05, 0) is 42.3 Å². The monoisotopic (exact) mass is 344 g/mol. The summed E-state index contributed by atoms with van der Waals surface area (Å²) in [5.41, 5.74) is 1.03. The van der Waals surface area contributed by atoms with Gasteiger partial charge in [0.05, 0.1) is 14.9 Å². The van der Waals surface area contributed by atoms with E-state index in [0.717, 1.165) is 5.56 Å². The number of nitrogens with zero attached hydrogens (tertiary/aromatic N) is 2. The molecule has 0 N–H and O–H groups in total. The lowest BCUT2D eigenvalue weighted by Gasteiger charge is -2.17. The topological polar surface area (TPSA) is 50.3 Å². The molecule has 2 aromatic rings. The molecule has 0 fully saturated rings. The molecule has 0 bridgehead atoms. The van der Waals surface area contributed by atoms with E-state index in [9.17, 15) is 8.42 Å². The first-order chi connectivity index (χ1) is 9.91. The van der Waals surface area contributed by atoms with Gasteiger partial charge in [0.15, 0.2) is 0 Å². The Hall–Kier alpha value is -1.14. The number of pyridine rings is 1. The second kappa shape index (κ2) is 6.75. The Labute approximate surface area is 134 Å². The fourth-order valence-electron chi connectivity index (χ4n) is 1.77. The maximum absolute atomic E-state index is 12.4. The number of halogens is 2. The average molecular weight is 345 g/mol. The van der Waals surface area contributed by atoms with Gasteiger partial charge in [0.25, 0.3) is 0 Å². The molecule has 0 spiro atoms. The van der Waals surface area contributed by atoms with E-state index in [4.69, 9.17) is 23.2 Å². The number of hydrogen-bond acceptors (Lipinski definition) is 3. The number of aromatic nitrogens is 1. The molecule has 1 aromatic heterocycles. The summed E-state index contributed by atoms with van der Waals surface area (Å²) in [5.74, 6) is 0. The molecule has 4 nitrogen and oxygen atoms in total. The van der Waals surface area contributed by atoms with Crippen molar-refractivity contribution in [1.82, 2.24) is 9.29 Å². The van der Waals surface area contributed by atoms with Crippen molar-refractivity contribution in [3.63, 3.8) is 0 Å². The lowest BCUT2D eigenvalue weighted by molar-refractivity contribution is 0.472. The lowest BCUT2D eigenvalue weighted by atomic mass is 10.2. The zero-order valence-corrected chi connectivity index (χ0v) is 13.7. The van der Waals surface area contributed by atoms with Gasteiger partial charge >= 0.3 is 0 Å². The van der Waals surface area contributed by atoms with Crippen LogP contribution in [0.3, 0.4) is 0 Å². The highest BCUT2D eigenvalue weighted by molar-refractivity contribution is 7.89. The zero-order chi connectivity index (χ0) is 15.5. The molecule has 0 aliphatic rings. The summed E-state index contributed by atoms with van der Waals surface area (Å²) in [4.78, 5) is 4.06. The second-order valence-corrected chi connectivity index (χ2v) is 7.37. The minimum atomic E-state index is -3.57. The van der Waals surface area contributed by atoms with Crippen molar-refractivity contribution in [3.05, 3.63) is 58.3 Å². The predicted molar refractivity (Wildman–Crippen MR) is 84.2 cm³/mol. The van der Waals surface area contributed by atoms with Crippen molar-refractivity contribution < 1.29 is 8.42 Å². The van der Waals surface area contributed by atoms with E-state index in [1.807, 2.05) is 12.1 Å². The first-order valence-corrected chi connectivity index (χ1v) is 8.41. The van der Waals surface area contributed by atoms with Gasteiger partial charge in [-0.25, -0.2) is 12.7 Å². The lowest BCUT2D eigenvalue weighted by Crippen LogP contribution is -2.29. The van der Waals surface area contributed by atoms with Gasteiger partial charge in [0.2, 0.25) is 10.0 Å². The standard InChI is InChI=1S/C14H14Cl2N2O2S/c1-18(9-6-11-4-7-17-8-5-11)21(19,20)12-2-3-13(15)14(16)10-12/h2-5,7-8,10H,6,9H2,1H3. The third-order valence-electron chi connectivity index (χ3n) is 3.06. The van der Waals surface area contributed by atoms with Crippen LogP contribution in [0, 0.1) is 0 Å². The van der Waals surface area contributed by atoms with E-state index in [1.165, 1.54) is 22.5 Å². The van der Waals surface area contributed by atoms with Gasteiger partial charge in [-0.15, -0.1) is 0 Å². The maximum atomic E-state index is 12.4. The van der Waals surface area contributed by atoms with Crippen LogP contribution in [-0.2, 0) is 16.4 Å². The van der Waals surface area contributed by atoms with Gasteiger partial charge in [0.1, 0.15) is 0 Å². The molecular formula is C14H14Cl2N2O2S. The Morgan fingerprint density at radius 2 is 1.76 bits per heavy atom. The van der Waals surface area contributed by atoms with Crippen LogP contribution >= 0.6 is 23.2 Å². The van der Waals surface area contributed by atoms with Gasteiger partial charge in [0, 0.05) is 26.0 Å². The third kappa shape index (κ3) is 3.95. The van der Waals surface area contributed by atoms with Gasteiger partial charge in [-0.2, -0.15) is 0 Å².